The monoisotopic (exact) mass is 742 g/mol. The quantitative estimate of drug-likeness (QED) is 0.157. The maximum Gasteiger partial charge on any atom is 0.123 e. The first kappa shape index (κ1) is 57.3. The van der Waals surface area contributed by atoms with Crippen molar-refractivity contribution in [3.8, 4) is 33.8 Å². The number of benzene rings is 4. The van der Waals surface area contributed by atoms with E-state index in [9.17, 15) is 5.11 Å². The summed E-state index contributed by atoms with van der Waals surface area (Å²) in [5.74, 6) is 1.13. The first-order chi connectivity index (χ1) is 20.3. The molecular formula is C36H56N2O3Y2-4. The number of phenols is 1. The Bertz CT molecular complexity index is 992. The van der Waals surface area contributed by atoms with Crippen LogP contribution >= 0.6 is 0 Å². The summed E-state index contributed by atoms with van der Waals surface area (Å²) < 4.78 is 5.05. The minimum absolute atomic E-state index is 0. The van der Waals surface area contributed by atoms with Crippen molar-refractivity contribution in [3.63, 3.8) is 0 Å². The Kier molecular flexibility index (Phi) is 66.8. The van der Waals surface area contributed by atoms with Crippen LogP contribution in [0.2, 0.25) is 0 Å². The van der Waals surface area contributed by atoms with Crippen molar-refractivity contribution in [2.45, 2.75) is 55.4 Å². The Morgan fingerprint density at radius 3 is 1.09 bits per heavy atom. The van der Waals surface area contributed by atoms with E-state index in [-0.39, 0.29) is 65.4 Å². The molecule has 5 nitrogen and oxygen atoms in total. The van der Waals surface area contributed by atoms with Gasteiger partial charge in [-0.25, -0.2) is 7.11 Å². The van der Waals surface area contributed by atoms with Gasteiger partial charge in [-0.05, 0) is 23.3 Å². The zero-order valence-corrected chi connectivity index (χ0v) is 33.5. The molecule has 2 radical (unpaired) electrons. The van der Waals surface area contributed by atoms with Crippen LogP contribution in [0.4, 0.5) is 0 Å². The van der Waals surface area contributed by atoms with Crippen molar-refractivity contribution < 1.29 is 80.4 Å². The average molecular weight is 743 g/mol. The number of ether oxygens (including phenoxy) is 1. The smallest absolute Gasteiger partial charge is 0.123 e. The van der Waals surface area contributed by atoms with Crippen molar-refractivity contribution in [2.24, 2.45) is 11.5 Å². The van der Waals surface area contributed by atoms with E-state index in [2.05, 4.69) is 51.9 Å². The van der Waals surface area contributed by atoms with E-state index in [1.54, 1.807) is 6.07 Å². The van der Waals surface area contributed by atoms with Gasteiger partial charge in [-0.2, -0.15) is 7.11 Å². The number of rotatable bonds is 3. The number of phenolic OH excluding ortho intramolecular Hbond substituents is 1. The molecule has 4 rings (SSSR count). The van der Waals surface area contributed by atoms with Crippen molar-refractivity contribution in [1.29, 1.82) is 0 Å². The van der Waals surface area contributed by atoms with Crippen molar-refractivity contribution >= 4 is 0 Å². The third kappa shape index (κ3) is 27.8. The molecule has 0 aliphatic rings. The fourth-order valence-electron chi connectivity index (χ4n) is 2.78. The van der Waals surface area contributed by atoms with Gasteiger partial charge in [0.05, 0.1) is 5.75 Å². The van der Waals surface area contributed by atoms with E-state index in [1.807, 2.05) is 146 Å². The molecule has 4 aromatic rings. The first-order valence-corrected chi connectivity index (χ1v) is 13.8. The minimum Gasteiger partial charge on any atom is -0.665 e. The van der Waals surface area contributed by atoms with Gasteiger partial charge in [0.2, 0.25) is 0 Å². The number of hydrogen-bond acceptors (Lipinski definition) is 5. The molecule has 0 saturated heterocycles. The number of nitrogens with two attached hydrogens (primary N) is 2. The van der Waals surface area contributed by atoms with Crippen LogP contribution in [0.3, 0.4) is 0 Å². The summed E-state index contributed by atoms with van der Waals surface area (Å²) >= 11 is 0. The molecule has 0 heterocycles. The topological polar surface area (TPSA) is 102 Å². The molecule has 0 aliphatic heterocycles. The van der Waals surface area contributed by atoms with Crippen LogP contribution in [-0.2, 0) is 65.4 Å². The summed E-state index contributed by atoms with van der Waals surface area (Å²) in [6.45, 7) is 16.0. The van der Waals surface area contributed by atoms with Crippen LogP contribution in [0, 0.1) is 28.3 Å². The van der Waals surface area contributed by atoms with Crippen LogP contribution in [0.25, 0.3) is 22.3 Å². The molecule has 6 N–H and O–H groups in total. The predicted molar refractivity (Wildman–Crippen MR) is 183 cm³/mol. The summed E-state index contributed by atoms with van der Waals surface area (Å²) in [6, 6.07) is 35.2. The van der Waals surface area contributed by atoms with Gasteiger partial charge in [0.15, 0.2) is 0 Å². The van der Waals surface area contributed by atoms with Gasteiger partial charge >= 0.3 is 0 Å². The molecule has 0 amide bonds. The van der Waals surface area contributed by atoms with Crippen LogP contribution in [0.1, 0.15) is 55.4 Å². The zero-order chi connectivity index (χ0) is 32.9. The van der Waals surface area contributed by atoms with Crippen LogP contribution in [-0.4, -0.2) is 10.2 Å². The molecule has 0 unspecified atom stereocenters. The summed E-state index contributed by atoms with van der Waals surface area (Å²) in [5, 5.41) is 16.3. The molecule has 43 heavy (non-hydrogen) atoms. The third-order valence-corrected chi connectivity index (χ3v) is 4.12. The fourth-order valence-corrected chi connectivity index (χ4v) is 2.78. The van der Waals surface area contributed by atoms with E-state index in [4.69, 9.17) is 9.84 Å². The Balaban J connectivity index is -0.0000000831. The average Bonchev–Trinajstić information content (AvgIpc) is 3.12. The molecule has 7 heteroatoms. The van der Waals surface area contributed by atoms with E-state index in [0.29, 0.717) is 5.75 Å². The molecular weight excluding hydrogens is 686 g/mol. The van der Waals surface area contributed by atoms with Crippen molar-refractivity contribution in [1.82, 2.24) is 0 Å². The Morgan fingerprint density at radius 1 is 0.465 bits per heavy atom. The van der Waals surface area contributed by atoms with Crippen molar-refractivity contribution in [3.05, 3.63) is 138 Å². The molecule has 0 bridgehead atoms. The maximum atomic E-state index is 9.56. The van der Waals surface area contributed by atoms with Gasteiger partial charge in [0.25, 0.3) is 0 Å². The van der Waals surface area contributed by atoms with Crippen molar-refractivity contribution in [2.75, 3.05) is 0 Å². The van der Waals surface area contributed by atoms with Gasteiger partial charge < -0.3 is 26.4 Å². The molecule has 0 atom stereocenters. The van der Waals surface area contributed by atoms with Gasteiger partial charge in [-0.3, -0.25) is 14.1 Å². The molecule has 0 saturated carbocycles. The molecule has 0 aliphatic carbocycles. The number of aliphatic hydroxyl groups is 1. The van der Waals surface area contributed by atoms with Gasteiger partial charge in [0, 0.05) is 76.5 Å². The standard InChI is InChI=1S/C13H11O.C12H10O.4C2H6.2CH4N.CH3O.2Y/c1-14-13-10-6-5-9-12(13)11-7-3-2-4-8-11;13-12-9-5-4-8-11(12)10-6-2-1-3-7-10;7*1-2;;/h2-10H,1H2;1-9,13H;4*1-2H3;2*1-2H2;2H,1H2;;/q-1;;;;;;3*-1;;. The van der Waals surface area contributed by atoms with E-state index in [1.165, 1.54) is 0 Å². The fraction of sp³-hybridized carbons (Fsp3) is 0.222. The van der Waals surface area contributed by atoms with Gasteiger partial charge in [-0.1, -0.05) is 152 Å². The largest absolute Gasteiger partial charge is 0.665 e. The number of hydrogen-bond donors (Lipinski definition) is 4. The number of aromatic hydroxyl groups is 1. The molecule has 4 aromatic carbocycles. The first-order valence-electron chi connectivity index (χ1n) is 13.8. The second-order valence-corrected chi connectivity index (χ2v) is 5.89. The Hall–Kier alpha value is -1.43. The predicted octanol–water partition coefficient (Wildman–Crippen LogP) is 10.3. The second-order valence-electron chi connectivity index (χ2n) is 5.89. The van der Waals surface area contributed by atoms with Gasteiger partial charge in [0.1, 0.15) is 5.75 Å². The molecule has 0 fully saturated rings. The van der Waals surface area contributed by atoms with Crippen LogP contribution in [0.15, 0.2) is 109 Å². The number of para-hydroxylation sites is 2. The normalized spacial score (nSPS) is 7.14. The van der Waals surface area contributed by atoms with Gasteiger partial charge in [-0.15, -0.1) is 0 Å². The Labute approximate surface area is 315 Å². The zero-order valence-electron chi connectivity index (χ0n) is 27.8. The third-order valence-electron chi connectivity index (χ3n) is 4.12. The maximum absolute atomic E-state index is 9.56. The van der Waals surface area contributed by atoms with Crippen LogP contribution < -0.4 is 16.2 Å². The minimum atomic E-state index is 0. The second kappa shape index (κ2) is 50.2. The molecule has 238 valence electrons. The summed E-state index contributed by atoms with van der Waals surface area (Å²) in [5.41, 5.74) is 12.6. The SMILES string of the molecule is CC.CC.CC.CC.Oc1ccccc1-c1ccccc1.[CH2-]N.[CH2-]N.[CH2-]O.[CH2-]Oc1ccccc1-c1ccccc1.[Y].[Y]. The summed E-state index contributed by atoms with van der Waals surface area (Å²) in [6.07, 6.45) is 0. The summed E-state index contributed by atoms with van der Waals surface area (Å²) in [4.78, 5) is 0. The molecule has 0 aromatic heterocycles. The number of aliphatic hydroxyl groups excluding tert-OH is 1. The van der Waals surface area contributed by atoms with E-state index < -0.39 is 0 Å². The van der Waals surface area contributed by atoms with E-state index in [0.717, 1.165) is 28.0 Å². The summed E-state index contributed by atoms with van der Waals surface area (Å²) in [7, 11) is 11.2. The van der Waals surface area contributed by atoms with E-state index >= 15 is 0 Å². The van der Waals surface area contributed by atoms with Crippen LogP contribution in [0.5, 0.6) is 11.5 Å². The Morgan fingerprint density at radius 2 is 0.744 bits per heavy atom. The molecule has 0 spiro atoms.